The SMILES string of the molecule is CCn1nc(CC(CC(F)(F)F)NC)c2ccccc21. The molecule has 0 aliphatic carbocycles. The summed E-state index contributed by atoms with van der Waals surface area (Å²) in [5.41, 5.74) is 1.68. The molecule has 0 saturated carbocycles. The number of nitrogens with zero attached hydrogens (tertiary/aromatic N) is 2. The van der Waals surface area contributed by atoms with Gasteiger partial charge in [-0.2, -0.15) is 18.3 Å². The van der Waals surface area contributed by atoms with E-state index in [2.05, 4.69) is 10.4 Å². The molecule has 20 heavy (non-hydrogen) atoms. The van der Waals surface area contributed by atoms with Gasteiger partial charge in [0.25, 0.3) is 0 Å². The topological polar surface area (TPSA) is 29.9 Å². The van der Waals surface area contributed by atoms with Gasteiger partial charge in [-0.3, -0.25) is 4.68 Å². The fraction of sp³-hybridized carbons (Fsp3) is 0.500. The van der Waals surface area contributed by atoms with E-state index in [4.69, 9.17) is 0 Å². The van der Waals surface area contributed by atoms with Crippen LogP contribution in [0.15, 0.2) is 24.3 Å². The molecule has 1 unspecified atom stereocenters. The Morgan fingerprint density at radius 3 is 2.60 bits per heavy atom. The zero-order chi connectivity index (χ0) is 14.8. The largest absolute Gasteiger partial charge is 0.390 e. The maximum Gasteiger partial charge on any atom is 0.390 e. The fourth-order valence-electron chi connectivity index (χ4n) is 2.38. The van der Waals surface area contributed by atoms with Crippen LogP contribution in [-0.4, -0.2) is 29.0 Å². The summed E-state index contributed by atoms with van der Waals surface area (Å²) in [6.07, 6.45) is -4.75. The summed E-state index contributed by atoms with van der Waals surface area (Å²) in [7, 11) is 1.55. The Hall–Kier alpha value is -1.56. The van der Waals surface area contributed by atoms with Gasteiger partial charge in [0, 0.05) is 24.4 Å². The minimum absolute atomic E-state index is 0.267. The Morgan fingerprint density at radius 1 is 1.30 bits per heavy atom. The van der Waals surface area contributed by atoms with Gasteiger partial charge in [-0.15, -0.1) is 0 Å². The molecule has 2 rings (SSSR count). The number of aryl methyl sites for hydroxylation is 1. The van der Waals surface area contributed by atoms with Crippen LogP contribution in [0.25, 0.3) is 10.9 Å². The molecule has 1 aromatic carbocycles. The molecule has 6 heteroatoms. The molecule has 0 radical (unpaired) electrons. The molecule has 1 heterocycles. The quantitative estimate of drug-likeness (QED) is 0.914. The first-order valence-electron chi connectivity index (χ1n) is 6.63. The van der Waals surface area contributed by atoms with Crippen molar-refractivity contribution < 1.29 is 13.2 Å². The lowest BCUT2D eigenvalue weighted by molar-refractivity contribution is -0.139. The number of rotatable bonds is 5. The predicted molar refractivity (Wildman–Crippen MR) is 72.6 cm³/mol. The van der Waals surface area contributed by atoms with Crippen molar-refractivity contribution in [2.45, 2.75) is 38.5 Å². The Labute approximate surface area is 115 Å². The summed E-state index contributed by atoms with van der Waals surface area (Å²) >= 11 is 0. The van der Waals surface area contributed by atoms with E-state index >= 15 is 0 Å². The summed E-state index contributed by atoms with van der Waals surface area (Å²) in [4.78, 5) is 0. The molecule has 0 fully saturated rings. The van der Waals surface area contributed by atoms with Crippen LogP contribution in [0.2, 0.25) is 0 Å². The molecule has 0 spiro atoms. The van der Waals surface area contributed by atoms with Crippen LogP contribution in [0.4, 0.5) is 13.2 Å². The van der Waals surface area contributed by atoms with Gasteiger partial charge in [0.05, 0.1) is 17.6 Å². The van der Waals surface area contributed by atoms with Crippen molar-refractivity contribution in [3.63, 3.8) is 0 Å². The molecule has 1 atom stereocenters. The first-order valence-corrected chi connectivity index (χ1v) is 6.63. The molecule has 3 nitrogen and oxygen atoms in total. The third-order valence-corrected chi connectivity index (χ3v) is 3.36. The molecular formula is C14H18F3N3. The molecule has 1 N–H and O–H groups in total. The van der Waals surface area contributed by atoms with Crippen molar-refractivity contribution in [3.05, 3.63) is 30.0 Å². The van der Waals surface area contributed by atoms with E-state index in [1.807, 2.05) is 35.9 Å². The van der Waals surface area contributed by atoms with Gasteiger partial charge in [-0.1, -0.05) is 18.2 Å². The zero-order valence-electron chi connectivity index (χ0n) is 11.5. The first-order chi connectivity index (χ1) is 9.44. The molecule has 0 aliphatic heterocycles. The van der Waals surface area contributed by atoms with Gasteiger partial charge in [-0.05, 0) is 20.0 Å². The van der Waals surface area contributed by atoms with Crippen LogP contribution in [-0.2, 0) is 13.0 Å². The number of hydrogen-bond acceptors (Lipinski definition) is 2. The minimum Gasteiger partial charge on any atom is -0.316 e. The highest BCUT2D eigenvalue weighted by molar-refractivity contribution is 5.82. The number of alkyl halides is 3. The summed E-state index contributed by atoms with van der Waals surface area (Å²) in [5.74, 6) is 0. The second kappa shape index (κ2) is 5.83. The highest BCUT2D eigenvalue weighted by Crippen LogP contribution is 2.25. The van der Waals surface area contributed by atoms with E-state index in [9.17, 15) is 13.2 Å². The third-order valence-electron chi connectivity index (χ3n) is 3.36. The molecule has 1 aromatic heterocycles. The average molecular weight is 285 g/mol. The van der Waals surface area contributed by atoms with Crippen LogP contribution in [0.1, 0.15) is 19.0 Å². The normalized spacial score (nSPS) is 13.8. The standard InChI is InChI=1S/C14H18F3N3/c1-3-20-13-7-5-4-6-11(13)12(19-20)8-10(18-2)9-14(15,16)17/h4-7,10,18H,3,8-9H2,1-2H3. The van der Waals surface area contributed by atoms with Gasteiger partial charge >= 0.3 is 6.18 Å². The van der Waals surface area contributed by atoms with E-state index in [0.29, 0.717) is 12.2 Å². The lowest BCUT2D eigenvalue weighted by Crippen LogP contribution is -2.33. The summed E-state index contributed by atoms with van der Waals surface area (Å²) in [5, 5.41) is 8.09. The third kappa shape index (κ3) is 3.30. The fourth-order valence-corrected chi connectivity index (χ4v) is 2.38. The van der Waals surface area contributed by atoms with Crippen LogP contribution < -0.4 is 5.32 Å². The van der Waals surface area contributed by atoms with Crippen molar-refractivity contribution in [1.82, 2.24) is 15.1 Å². The summed E-state index contributed by atoms with van der Waals surface area (Å²) < 4.78 is 39.4. The first kappa shape index (κ1) is 14.8. The molecule has 0 saturated heterocycles. The number of likely N-dealkylation sites (N-methyl/N-ethyl adjacent to an activating group) is 1. The molecule has 0 bridgehead atoms. The highest BCUT2D eigenvalue weighted by Gasteiger charge is 2.31. The summed E-state index contributed by atoms with van der Waals surface area (Å²) in [6.45, 7) is 2.67. The lowest BCUT2D eigenvalue weighted by Gasteiger charge is -2.17. The Balaban J connectivity index is 2.28. The van der Waals surface area contributed by atoms with Crippen molar-refractivity contribution in [2.24, 2.45) is 0 Å². The monoisotopic (exact) mass is 285 g/mol. The number of hydrogen-bond donors (Lipinski definition) is 1. The lowest BCUT2D eigenvalue weighted by atomic mass is 10.1. The van der Waals surface area contributed by atoms with E-state index in [-0.39, 0.29) is 6.42 Å². The maximum absolute atomic E-state index is 12.5. The van der Waals surface area contributed by atoms with Crippen molar-refractivity contribution in [1.29, 1.82) is 0 Å². The molecular weight excluding hydrogens is 267 g/mol. The van der Waals surface area contributed by atoms with E-state index < -0.39 is 18.6 Å². The number of benzene rings is 1. The van der Waals surface area contributed by atoms with Crippen LogP contribution in [0.5, 0.6) is 0 Å². The van der Waals surface area contributed by atoms with Gasteiger partial charge in [0.2, 0.25) is 0 Å². The summed E-state index contributed by atoms with van der Waals surface area (Å²) in [6, 6.07) is 6.98. The molecule has 0 aliphatic rings. The van der Waals surface area contributed by atoms with Crippen molar-refractivity contribution in [2.75, 3.05) is 7.05 Å². The van der Waals surface area contributed by atoms with Gasteiger partial charge in [-0.25, -0.2) is 0 Å². The Kier molecular flexibility index (Phi) is 4.32. The minimum atomic E-state index is -4.17. The van der Waals surface area contributed by atoms with E-state index in [1.165, 1.54) is 0 Å². The molecule has 2 aromatic rings. The number of nitrogens with one attached hydrogen (secondary N) is 1. The van der Waals surface area contributed by atoms with Gasteiger partial charge in [0.1, 0.15) is 0 Å². The maximum atomic E-state index is 12.5. The average Bonchev–Trinajstić information content (AvgIpc) is 2.75. The smallest absolute Gasteiger partial charge is 0.316 e. The van der Waals surface area contributed by atoms with Crippen LogP contribution in [0, 0.1) is 0 Å². The number of para-hydroxylation sites is 1. The van der Waals surface area contributed by atoms with Gasteiger partial charge < -0.3 is 5.32 Å². The number of fused-ring (bicyclic) bond motifs is 1. The highest BCUT2D eigenvalue weighted by atomic mass is 19.4. The van der Waals surface area contributed by atoms with Crippen molar-refractivity contribution in [3.8, 4) is 0 Å². The molecule has 110 valence electrons. The van der Waals surface area contributed by atoms with Crippen molar-refractivity contribution >= 4 is 10.9 Å². The Bertz CT molecular complexity index is 575. The molecule has 0 amide bonds. The second-order valence-electron chi connectivity index (χ2n) is 4.79. The number of aromatic nitrogens is 2. The van der Waals surface area contributed by atoms with Crippen LogP contribution in [0.3, 0.4) is 0 Å². The van der Waals surface area contributed by atoms with Crippen LogP contribution >= 0.6 is 0 Å². The predicted octanol–water partition coefficient (Wildman–Crippen LogP) is 3.14. The van der Waals surface area contributed by atoms with E-state index in [0.717, 1.165) is 10.9 Å². The number of halogens is 3. The van der Waals surface area contributed by atoms with E-state index in [1.54, 1.807) is 7.05 Å². The zero-order valence-corrected chi connectivity index (χ0v) is 11.5. The second-order valence-corrected chi connectivity index (χ2v) is 4.79. The van der Waals surface area contributed by atoms with Gasteiger partial charge in [0.15, 0.2) is 0 Å². The Morgan fingerprint density at radius 2 is 2.00 bits per heavy atom.